The number of amides is 1. The van der Waals surface area contributed by atoms with Gasteiger partial charge in [0.05, 0.1) is 19.8 Å². The highest BCUT2D eigenvalue weighted by Gasteiger charge is 2.39. The van der Waals surface area contributed by atoms with Crippen LogP contribution in [0.3, 0.4) is 0 Å². The summed E-state index contributed by atoms with van der Waals surface area (Å²) in [5.41, 5.74) is -0.0478. The molecule has 3 rings (SSSR count). The molecule has 1 aromatic carbocycles. The number of halogens is 1. The van der Waals surface area contributed by atoms with Gasteiger partial charge in [0.1, 0.15) is 11.4 Å². The third-order valence-electron chi connectivity index (χ3n) is 4.28. The summed E-state index contributed by atoms with van der Waals surface area (Å²) in [6.07, 6.45) is 3.69. The molecule has 2 aromatic rings. The van der Waals surface area contributed by atoms with Crippen LogP contribution in [-0.4, -0.2) is 57.4 Å². The van der Waals surface area contributed by atoms with E-state index in [1.165, 1.54) is 12.1 Å². The van der Waals surface area contributed by atoms with E-state index in [2.05, 4.69) is 4.98 Å². The number of aliphatic hydroxyl groups excluding tert-OH is 1. The largest absolute Gasteiger partial charge is 0.393 e. The van der Waals surface area contributed by atoms with E-state index in [9.17, 15) is 14.3 Å². The number of aromatic nitrogens is 2. The van der Waals surface area contributed by atoms with Crippen molar-refractivity contribution in [2.24, 2.45) is 7.05 Å². The first-order valence-corrected chi connectivity index (χ1v) is 7.79. The van der Waals surface area contributed by atoms with E-state index in [4.69, 9.17) is 4.74 Å². The van der Waals surface area contributed by atoms with Gasteiger partial charge in [0.15, 0.2) is 5.82 Å². The molecule has 1 fully saturated rings. The molecule has 128 valence electrons. The minimum atomic E-state index is -0.892. The average Bonchev–Trinajstić information content (AvgIpc) is 3.02. The Morgan fingerprint density at radius 1 is 1.42 bits per heavy atom. The summed E-state index contributed by atoms with van der Waals surface area (Å²) in [5.74, 6) is -0.152. The predicted octanol–water partition coefficient (Wildman–Crippen LogP) is 1.01. The Morgan fingerprint density at radius 3 is 2.79 bits per heavy atom. The van der Waals surface area contributed by atoms with Gasteiger partial charge in [0, 0.05) is 32.4 Å². The zero-order chi connectivity index (χ0) is 17.2. The van der Waals surface area contributed by atoms with Crippen molar-refractivity contribution in [3.63, 3.8) is 0 Å². The molecule has 1 unspecified atom stereocenters. The molecule has 0 bridgehead atoms. The Morgan fingerprint density at radius 2 is 2.17 bits per heavy atom. The molecular formula is C17H20FN3O3. The van der Waals surface area contributed by atoms with Gasteiger partial charge in [-0.3, -0.25) is 4.79 Å². The summed E-state index contributed by atoms with van der Waals surface area (Å²) >= 11 is 0. The van der Waals surface area contributed by atoms with Gasteiger partial charge in [-0.25, -0.2) is 9.37 Å². The van der Waals surface area contributed by atoms with Crippen molar-refractivity contribution >= 4 is 5.91 Å². The van der Waals surface area contributed by atoms with Crippen LogP contribution >= 0.6 is 0 Å². The Hall–Kier alpha value is -2.25. The van der Waals surface area contributed by atoms with Crippen LogP contribution in [0, 0.1) is 5.82 Å². The SMILES string of the molecule is Cn1ccnc1C(=O)N1CCOC(CO)(Cc2ccc(F)cc2)C1. The smallest absolute Gasteiger partial charge is 0.290 e. The molecule has 1 saturated heterocycles. The standard InChI is InChI=1S/C17H20FN3O3/c1-20-7-6-19-15(20)16(23)21-8-9-24-17(11-21,12-22)10-13-2-4-14(18)5-3-13/h2-7,22H,8-12H2,1H3. The van der Waals surface area contributed by atoms with Gasteiger partial charge < -0.3 is 19.3 Å². The highest BCUT2D eigenvalue weighted by Crippen LogP contribution is 2.24. The predicted molar refractivity (Wildman–Crippen MR) is 85.0 cm³/mol. The molecule has 1 aliphatic heterocycles. The van der Waals surface area contributed by atoms with E-state index in [-0.39, 0.29) is 24.9 Å². The number of aliphatic hydroxyl groups is 1. The van der Waals surface area contributed by atoms with Crippen LogP contribution in [0.25, 0.3) is 0 Å². The first-order valence-electron chi connectivity index (χ1n) is 7.79. The molecule has 6 nitrogen and oxygen atoms in total. The average molecular weight is 333 g/mol. The fourth-order valence-electron chi connectivity index (χ4n) is 2.96. The zero-order valence-electron chi connectivity index (χ0n) is 13.5. The van der Waals surface area contributed by atoms with Crippen LogP contribution < -0.4 is 0 Å². The van der Waals surface area contributed by atoms with E-state index < -0.39 is 5.60 Å². The lowest BCUT2D eigenvalue weighted by Gasteiger charge is -2.41. The quantitative estimate of drug-likeness (QED) is 0.907. The molecular weight excluding hydrogens is 313 g/mol. The molecule has 24 heavy (non-hydrogen) atoms. The molecule has 1 N–H and O–H groups in total. The minimum Gasteiger partial charge on any atom is -0.393 e. The Kier molecular flexibility index (Phi) is 4.64. The molecule has 0 radical (unpaired) electrons. The van der Waals surface area contributed by atoms with Crippen molar-refractivity contribution in [2.45, 2.75) is 12.0 Å². The second kappa shape index (κ2) is 6.70. The summed E-state index contributed by atoms with van der Waals surface area (Å²) in [6, 6.07) is 6.07. The summed E-state index contributed by atoms with van der Waals surface area (Å²) in [5, 5.41) is 9.88. The van der Waals surface area contributed by atoms with E-state index in [1.54, 1.807) is 41.0 Å². The van der Waals surface area contributed by atoms with Gasteiger partial charge in [0.25, 0.3) is 5.91 Å². The van der Waals surface area contributed by atoms with E-state index >= 15 is 0 Å². The molecule has 0 saturated carbocycles. The van der Waals surface area contributed by atoms with Crippen molar-refractivity contribution in [1.29, 1.82) is 0 Å². The zero-order valence-corrected chi connectivity index (χ0v) is 13.5. The highest BCUT2D eigenvalue weighted by atomic mass is 19.1. The van der Waals surface area contributed by atoms with Crippen LogP contribution in [0.15, 0.2) is 36.7 Å². The second-order valence-electron chi connectivity index (χ2n) is 6.08. The minimum absolute atomic E-state index is 0.192. The van der Waals surface area contributed by atoms with Crippen LogP contribution in [0.5, 0.6) is 0 Å². The van der Waals surface area contributed by atoms with Crippen molar-refractivity contribution in [3.8, 4) is 0 Å². The number of carbonyl (C=O) groups is 1. The molecule has 1 aromatic heterocycles. The van der Waals surface area contributed by atoms with Gasteiger partial charge >= 0.3 is 0 Å². The molecule has 7 heteroatoms. The van der Waals surface area contributed by atoms with Crippen molar-refractivity contribution in [1.82, 2.24) is 14.5 Å². The maximum atomic E-state index is 13.1. The van der Waals surface area contributed by atoms with Crippen molar-refractivity contribution in [2.75, 3.05) is 26.3 Å². The Bertz CT molecular complexity index is 716. The van der Waals surface area contributed by atoms with Crippen LogP contribution in [0.4, 0.5) is 4.39 Å². The first kappa shape index (κ1) is 16.6. The lowest BCUT2D eigenvalue weighted by atomic mass is 9.93. The van der Waals surface area contributed by atoms with E-state index in [0.29, 0.717) is 25.4 Å². The Balaban J connectivity index is 1.77. The molecule has 0 spiro atoms. The number of ether oxygens (including phenoxy) is 1. The third kappa shape index (κ3) is 3.32. The summed E-state index contributed by atoms with van der Waals surface area (Å²) in [6.45, 7) is 0.802. The number of imidazole rings is 1. The monoisotopic (exact) mass is 333 g/mol. The van der Waals surface area contributed by atoms with Gasteiger partial charge in [0.2, 0.25) is 0 Å². The fourth-order valence-corrected chi connectivity index (χ4v) is 2.96. The fraction of sp³-hybridized carbons (Fsp3) is 0.412. The highest BCUT2D eigenvalue weighted by molar-refractivity contribution is 5.91. The maximum Gasteiger partial charge on any atom is 0.290 e. The van der Waals surface area contributed by atoms with Crippen LogP contribution in [0.1, 0.15) is 16.2 Å². The first-order chi connectivity index (χ1) is 11.5. The molecule has 1 aliphatic rings. The number of nitrogens with zero attached hydrogens (tertiary/aromatic N) is 3. The Labute approximate surface area is 139 Å². The van der Waals surface area contributed by atoms with E-state index in [0.717, 1.165) is 5.56 Å². The van der Waals surface area contributed by atoms with Gasteiger partial charge in [-0.05, 0) is 17.7 Å². The van der Waals surface area contributed by atoms with Gasteiger partial charge in [-0.2, -0.15) is 0 Å². The van der Waals surface area contributed by atoms with Crippen molar-refractivity contribution < 1.29 is 19.0 Å². The third-order valence-corrected chi connectivity index (χ3v) is 4.28. The number of carbonyl (C=O) groups excluding carboxylic acids is 1. The number of aryl methyl sites for hydroxylation is 1. The number of rotatable bonds is 4. The summed E-state index contributed by atoms with van der Waals surface area (Å²) < 4.78 is 20.5. The number of hydrogen-bond donors (Lipinski definition) is 1. The molecule has 0 aliphatic carbocycles. The van der Waals surface area contributed by atoms with Crippen LogP contribution in [0.2, 0.25) is 0 Å². The number of benzene rings is 1. The lowest BCUT2D eigenvalue weighted by Crippen LogP contribution is -2.57. The van der Waals surface area contributed by atoms with E-state index in [1.807, 2.05) is 0 Å². The summed E-state index contributed by atoms with van der Waals surface area (Å²) in [4.78, 5) is 18.4. The molecule has 1 atom stereocenters. The van der Waals surface area contributed by atoms with Crippen LogP contribution in [-0.2, 0) is 18.2 Å². The normalized spacial score (nSPS) is 21.0. The second-order valence-corrected chi connectivity index (χ2v) is 6.08. The topological polar surface area (TPSA) is 67.6 Å². The van der Waals surface area contributed by atoms with Gasteiger partial charge in [-0.15, -0.1) is 0 Å². The van der Waals surface area contributed by atoms with Crippen molar-refractivity contribution in [3.05, 3.63) is 53.9 Å². The number of hydrogen-bond acceptors (Lipinski definition) is 4. The summed E-state index contributed by atoms with van der Waals surface area (Å²) in [7, 11) is 1.76. The van der Waals surface area contributed by atoms with Gasteiger partial charge in [-0.1, -0.05) is 12.1 Å². The number of morpholine rings is 1. The maximum absolute atomic E-state index is 13.1. The molecule has 2 heterocycles. The molecule has 1 amide bonds. The lowest BCUT2D eigenvalue weighted by molar-refractivity contribution is -0.123.